The van der Waals surface area contributed by atoms with Gasteiger partial charge in [0, 0.05) is 25.6 Å². The molecule has 0 aromatic heterocycles. The first-order valence-electron chi connectivity index (χ1n) is 14.8. The number of fused-ring (bicyclic) bond motifs is 1. The van der Waals surface area contributed by atoms with Gasteiger partial charge >= 0.3 is 6.09 Å². The van der Waals surface area contributed by atoms with Gasteiger partial charge in [0.2, 0.25) is 23.3 Å². The second kappa shape index (κ2) is 11.3. The Bertz CT molecular complexity index is 1570. The average Bonchev–Trinajstić information content (AvgIpc) is 3.57. The maximum atomic E-state index is 14.4. The molecule has 3 heterocycles. The number of nitrogens with zero attached hydrogens (tertiary/aromatic N) is 3. The van der Waals surface area contributed by atoms with Gasteiger partial charge in [-0.2, -0.15) is 0 Å². The van der Waals surface area contributed by atoms with Crippen molar-refractivity contribution in [2.75, 3.05) is 18.9 Å². The number of primary amides is 1. The number of anilines is 1. The first-order chi connectivity index (χ1) is 21.4. The van der Waals surface area contributed by atoms with Crippen molar-refractivity contribution in [1.29, 1.82) is 0 Å². The molecule has 2 aromatic rings. The van der Waals surface area contributed by atoms with Gasteiger partial charge in [0.15, 0.2) is 11.6 Å². The molecule has 14 heteroatoms. The van der Waals surface area contributed by atoms with Crippen LogP contribution in [-0.4, -0.2) is 86.8 Å². The molecule has 0 radical (unpaired) electrons. The van der Waals surface area contributed by atoms with Crippen molar-refractivity contribution in [3.63, 3.8) is 0 Å². The summed E-state index contributed by atoms with van der Waals surface area (Å²) in [5.41, 5.74) is 4.20. The van der Waals surface area contributed by atoms with E-state index in [2.05, 4.69) is 5.32 Å². The molecule has 12 nitrogen and oxygen atoms in total. The van der Waals surface area contributed by atoms with Crippen molar-refractivity contribution in [3.05, 3.63) is 59.7 Å². The third kappa shape index (κ3) is 5.42. The van der Waals surface area contributed by atoms with Crippen LogP contribution >= 0.6 is 0 Å². The van der Waals surface area contributed by atoms with Crippen molar-refractivity contribution in [1.82, 2.24) is 14.7 Å². The monoisotopic (exact) mass is 625 g/mol. The fourth-order valence-corrected chi connectivity index (χ4v) is 6.83. The minimum absolute atomic E-state index is 0.126. The first-order valence-corrected chi connectivity index (χ1v) is 14.8. The van der Waals surface area contributed by atoms with Gasteiger partial charge in [0.25, 0.3) is 5.91 Å². The number of nitrogens with two attached hydrogens (primary N) is 1. The Hall–Kier alpha value is -4.75. The first kappa shape index (κ1) is 30.3. The molecular weight excluding hydrogens is 592 g/mol. The highest BCUT2D eigenvalue weighted by Gasteiger charge is 2.58. The van der Waals surface area contributed by atoms with Crippen LogP contribution in [0.2, 0.25) is 0 Å². The molecule has 1 spiro atoms. The Morgan fingerprint density at radius 1 is 1.11 bits per heavy atom. The van der Waals surface area contributed by atoms with Gasteiger partial charge in [0.1, 0.15) is 29.6 Å². The minimum atomic E-state index is -1.87. The third-order valence-electron chi connectivity index (χ3n) is 9.34. The Balaban J connectivity index is 1.27. The van der Waals surface area contributed by atoms with Crippen LogP contribution in [0.3, 0.4) is 0 Å². The van der Waals surface area contributed by atoms with Gasteiger partial charge in [-0.3, -0.25) is 24.1 Å². The summed E-state index contributed by atoms with van der Waals surface area (Å²) < 4.78 is 34.2. The highest BCUT2D eigenvalue weighted by molar-refractivity contribution is 6.03. The molecular formula is C31H33F2N5O7. The highest BCUT2D eigenvalue weighted by atomic mass is 19.1. The molecule has 3 fully saturated rings. The quantitative estimate of drug-likeness (QED) is 0.426. The molecule has 5 amide bonds. The normalized spacial score (nSPS) is 26.2. The summed E-state index contributed by atoms with van der Waals surface area (Å²) in [5, 5.41) is 12.5. The summed E-state index contributed by atoms with van der Waals surface area (Å²) >= 11 is 0. The Labute approximate surface area is 257 Å². The largest absolute Gasteiger partial charge is 0.473 e. The molecule has 238 valence electrons. The van der Waals surface area contributed by atoms with Crippen LogP contribution in [0.15, 0.2) is 42.5 Å². The molecule has 2 aromatic carbocycles. The number of carbonyl (C=O) groups excluding carboxylic acids is 4. The lowest BCUT2D eigenvalue weighted by Gasteiger charge is -2.37. The number of hydrogen-bond donors (Lipinski definition) is 3. The van der Waals surface area contributed by atoms with Crippen LogP contribution in [0, 0.1) is 17.6 Å². The maximum absolute atomic E-state index is 14.4. The number of nitrogens with one attached hydrogen (secondary N) is 1. The number of carbonyl (C=O) groups is 5. The van der Waals surface area contributed by atoms with Crippen molar-refractivity contribution < 1.29 is 42.6 Å². The number of likely N-dealkylation sites (N-methyl/N-ethyl adjacent to an activating group) is 1. The SMILES string of the molecule is CN(C(=O)[C@@H]1CC[C@@H](c2ccccc2)N1C(=O)O)C(CC1CC1)C(=O)N1C[C@@]2(C[C@H]1C(N)=O)Oc1cc(F)cc(F)c1NC2=O. The van der Waals surface area contributed by atoms with Crippen LogP contribution < -0.4 is 15.8 Å². The number of rotatable bonds is 7. The molecule has 1 unspecified atom stereocenters. The van der Waals surface area contributed by atoms with Gasteiger partial charge in [-0.05, 0) is 30.7 Å². The number of ether oxygens (including phenoxy) is 1. The van der Waals surface area contributed by atoms with Crippen molar-refractivity contribution in [3.8, 4) is 5.75 Å². The van der Waals surface area contributed by atoms with E-state index < -0.39 is 77.7 Å². The van der Waals surface area contributed by atoms with E-state index in [9.17, 15) is 37.9 Å². The fourth-order valence-electron chi connectivity index (χ4n) is 6.83. The second-order valence-corrected chi connectivity index (χ2v) is 12.3. The van der Waals surface area contributed by atoms with Crippen LogP contribution in [-0.2, 0) is 19.2 Å². The lowest BCUT2D eigenvalue weighted by Crippen LogP contribution is -2.57. The number of halogens is 2. The van der Waals surface area contributed by atoms with E-state index in [-0.39, 0.29) is 36.6 Å². The summed E-state index contributed by atoms with van der Waals surface area (Å²) in [4.78, 5) is 70.0. The molecule has 6 rings (SSSR count). The smallest absolute Gasteiger partial charge is 0.408 e. The van der Waals surface area contributed by atoms with Crippen molar-refractivity contribution >= 4 is 35.4 Å². The maximum Gasteiger partial charge on any atom is 0.408 e. The molecule has 4 N–H and O–H groups in total. The molecule has 2 saturated heterocycles. The van der Waals surface area contributed by atoms with Crippen LogP contribution in [0.5, 0.6) is 5.75 Å². The van der Waals surface area contributed by atoms with Crippen LogP contribution in [0.4, 0.5) is 19.3 Å². The van der Waals surface area contributed by atoms with Gasteiger partial charge in [-0.1, -0.05) is 43.2 Å². The molecule has 0 bridgehead atoms. The van der Waals surface area contributed by atoms with Crippen molar-refractivity contribution in [2.24, 2.45) is 11.7 Å². The Morgan fingerprint density at radius 3 is 2.47 bits per heavy atom. The summed E-state index contributed by atoms with van der Waals surface area (Å²) in [6.45, 7) is -0.465. The lowest BCUT2D eigenvalue weighted by atomic mass is 9.96. The zero-order valence-electron chi connectivity index (χ0n) is 24.4. The number of carboxylic acid groups (broad SMARTS) is 1. The van der Waals surface area contributed by atoms with E-state index in [1.165, 1.54) is 11.9 Å². The second-order valence-electron chi connectivity index (χ2n) is 12.3. The summed E-state index contributed by atoms with van der Waals surface area (Å²) in [6, 6.07) is 6.48. The molecule has 45 heavy (non-hydrogen) atoms. The van der Waals surface area contributed by atoms with E-state index in [0.29, 0.717) is 12.5 Å². The van der Waals surface area contributed by atoms with E-state index >= 15 is 0 Å². The van der Waals surface area contributed by atoms with Crippen molar-refractivity contribution in [2.45, 2.75) is 68.3 Å². The van der Waals surface area contributed by atoms with Crippen LogP contribution in [0.25, 0.3) is 0 Å². The highest BCUT2D eigenvalue weighted by Crippen LogP contribution is 2.43. The number of benzene rings is 2. The predicted molar refractivity (Wildman–Crippen MR) is 154 cm³/mol. The average molecular weight is 626 g/mol. The Morgan fingerprint density at radius 2 is 1.82 bits per heavy atom. The van der Waals surface area contributed by atoms with E-state index in [0.717, 1.165) is 34.3 Å². The molecule has 5 atom stereocenters. The summed E-state index contributed by atoms with van der Waals surface area (Å²) in [7, 11) is 1.43. The topological polar surface area (TPSA) is 163 Å². The summed E-state index contributed by atoms with van der Waals surface area (Å²) in [6.07, 6.45) is 0.933. The Kier molecular flexibility index (Phi) is 7.61. The minimum Gasteiger partial charge on any atom is -0.473 e. The number of hydrogen-bond acceptors (Lipinski definition) is 6. The molecule has 4 aliphatic rings. The third-order valence-corrected chi connectivity index (χ3v) is 9.34. The number of amides is 5. The lowest BCUT2D eigenvalue weighted by molar-refractivity contribution is -0.149. The molecule has 1 aliphatic carbocycles. The zero-order chi connectivity index (χ0) is 32.2. The zero-order valence-corrected chi connectivity index (χ0v) is 24.4. The van der Waals surface area contributed by atoms with E-state index in [1.54, 1.807) is 24.3 Å². The van der Waals surface area contributed by atoms with E-state index in [4.69, 9.17) is 10.5 Å². The fraction of sp³-hybridized carbons (Fsp3) is 0.452. The molecule has 1 saturated carbocycles. The van der Waals surface area contributed by atoms with Gasteiger partial charge in [0.05, 0.1) is 12.6 Å². The van der Waals surface area contributed by atoms with E-state index in [1.807, 2.05) is 6.07 Å². The molecule has 3 aliphatic heterocycles. The van der Waals surface area contributed by atoms with Gasteiger partial charge in [-0.15, -0.1) is 0 Å². The summed E-state index contributed by atoms with van der Waals surface area (Å²) in [5.74, 6) is -5.15. The van der Waals surface area contributed by atoms with Gasteiger partial charge < -0.3 is 30.7 Å². The number of likely N-dealkylation sites (tertiary alicyclic amines) is 2. The van der Waals surface area contributed by atoms with Crippen LogP contribution in [0.1, 0.15) is 50.1 Å². The van der Waals surface area contributed by atoms with Gasteiger partial charge in [-0.25, -0.2) is 13.6 Å². The standard InChI is InChI=1S/C31H33F2N5O7/c1-36(27(40)21-10-9-20(38(21)30(43)44)17-5-3-2-4-6-17)22(11-16-7-8-16)28(41)37-15-31(14-23(37)26(34)39)29(42)35-25-19(33)12-18(32)13-24(25)45-31/h2-6,12-13,16,20-23H,7-11,14-15H2,1H3,(H2,34,39)(H,35,42)(H,43,44)/t20-,21-,22?,23-,31+/m0/s1. The predicted octanol–water partition coefficient (Wildman–Crippen LogP) is 2.63.